The Balaban J connectivity index is 2.72. The Morgan fingerprint density at radius 2 is 2.33 bits per heavy atom. The molecule has 0 aliphatic carbocycles. The van der Waals surface area contributed by atoms with E-state index in [1.165, 1.54) is 6.07 Å². The van der Waals surface area contributed by atoms with Gasteiger partial charge in [0.2, 0.25) is 0 Å². The molecule has 18 heavy (non-hydrogen) atoms. The van der Waals surface area contributed by atoms with Gasteiger partial charge in [-0.25, -0.2) is 4.79 Å². The molecule has 0 saturated heterocycles. The number of hydrogen-bond acceptors (Lipinski definition) is 5. The molecule has 0 aliphatic rings. The van der Waals surface area contributed by atoms with E-state index in [0.717, 1.165) is 0 Å². The van der Waals surface area contributed by atoms with E-state index in [1.807, 2.05) is 6.07 Å². The molecule has 1 aromatic carbocycles. The maximum absolute atomic E-state index is 11.8. The fourth-order valence-corrected chi connectivity index (χ4v) is 1.78. The third-order valence-corrected chi connectivity index (χ3v) is 2.59. The molecule has 0 unspecified atom stereocenters. The van der Waals surface area contributed by atoms with Crippen LogP contribution in [0.1, 0.15) is 22.8 Å². The van der Waals surface area contributed by atoms with Crippen LogP contribution in [0.25, 0.3) is 10.9 Å². The topological polar surface area (TPSA) is 101 Å². The molecular formula is C12H11N3O3. The maximum atomic E-state index is 11.8. The summed E-state index contributed by atoms with van der Waals surface area (Å²) in [6.45, 7) is 1.90. The number of nitrogens with zero attached hydrogens (tertiary/aromatic N) is 2. The summed E-state index contributed by atoms with van der Waals surface area (Å²) < 4.78 is 5.56. The number of aromatic nitrogens is 1. The molecule has 1 aromatic heterocycles. The van der Waals surface area contributed by atoms with Gasteiger partial charge in [0.25, 0.3) is 0 Å². The standard InChI is InChI=1S/C12H11N3O3/c1-2-18-12(16)10-8-4-3-7(6-13)5-9(8)15(17)11(10)14/h3-5,17H,2,14H2,1H3. The van der Waals surface area contributed by atoms with Crippen LogP contribution in [-0.4, -0.2) is 22.5 Å². The number of esters is 1. The number of carbonyl (C=O) groups excluding carboxylic acids is 1. The lowest BCUT2D eigenvalue weighted by atomic mass is 10.1. The lowest BCUT2D eigenvalue weighted by Gasteiger charge is -2.01. The third kappa shape index (κ3) is 1.62. The van der Waals surface area contributed by atoms with Crippen LogP contribution in [0, 0.1) is 11.3 Å². The number of carbonyl (C=O) groups is 1. The smallest absolute Gasteiger partial charge is 0.342 e. The number of hydrogen-bond donors (Lipinski definition) is 2. The Morgan fingerprint density at radius 1 is 1.61 bits per heavy atom. The van der Waals surface area contributed by atoms with Gasteiger partial charge in [0.1, 0.15) is 5.56 Å². The van der Waals surface area contributed by atoms with Gasteiger partial charge >= 0.3 is 5.97 Å². The summed E-state index contributed by atoms with van der Waals surface area (Å²) in [6, 6.07) is 6.51. The van der Waals surface area contributed by atoms with E-state index in [-0.39, 0.29) is 18.0 Å². The quantitative estimate of drug-likeness (QED) is 0.616. The van der Waals surface area contributed by atoms with Crippen molar-refractivity contribution in [2.24, 2.45) is 0 Å². The SMILES string of the molecule is CCOC(=O)c1c(N)n(O)c2cc(C#N)ccc12. The average molecular weight is 245 g/mol. The molecule has 2 rings (SSSR count). The third-order valence-electron chi connectivity index (χ3n) is 2.59. The molecule has 0 spiro atoms. The number of anilines is 1. The molecule has 0 aliphatic heterocycles. The van der Waals surface area contributed by atoms with Crippen molar-refractivity contribution in [1.29, 1.82) is 5.26 Å². The predicted molar refractivity (Wildman–Crippen MR) is 64.2 cm³/mol. The van der Waals surface area contributed by atoms with Crippen LogP contribution in [0.3, 0.4) is 0 Å². The maximum Gasteiger partial charge on any atom is 0.342 e. The van der Waals surface area contributed by atoms with E-state index in [2.05, 4.69) is 0 Å². The molecule has 0 saturated carbocycles. The molecular weight excluding hydrogens is 234 g/mol. The summed E-state index contributed by atoms with van der Waals surface area (Å²) in [7, 11) is 0. The molecule has 0 atom stereocenters. The van der Waals surface area contributed by atoms with E-state index >= 15 is 0 Å². The van der Waals surface area contributed by atoms with Crippen molar-refractivity contribution in [3.63, 3.8) is 0 Å². The molecule has 92 valence electrons. The highest BCUT2D eigenvalue weighted by Gasteiger charge is 2.22. The minimum Gasteiger partial charge on any atom is -0.462 e. The molecule has 3 N–H and O–H groups in total. The van der Waals surface area contributed by atoms with Gasteiger partial charge in [-0.1, -0.05) is 6.07 Å². The highest BCUT2D eigenvalue weighted by Crippen LogP contribution is 2.28. The Kier molecular flexibility index (Phi) is 2.81. The lowest BCUT2D eigenvalue weighted by Crippen LogP contribution is -2.08. The summed E-state index contributed by atoms with van der Waals surface area (Å²) in [5, 5.41) is 19.0. The van der Waals surface area contributed by atoms with Crippen LogP contribution in [0.4, 0.5) is 5.82 Å². The minimum atomic E-state index is -0.600. The van der Waals surface area contributed by atoms with Gasteiger partial charge in [-0.05, 0) is 19.1 Å². The molecule has 6 heteroatoms. The van der Waals surface area contributed by atoms with Crippen LogP contribution in [0.5, 0.6) is 0 Å². The predicted octanol–water partition coefficient (Wildman–Crippen LogP) is 1.51. The summed E-state index contributed by atoms with van der Waals surface area (Å²) in [4.78, 5) is 11.8. The van der Waals surface area contributed by atoms with Crippen LogP contribution < -0.4 is 5.73 Å². The number of nitrogens with two attached hydrogens (primary N) is 1. The van der Waals surface area contributed by atoms with Gasteiger partial charge in [-0.2, -0.15) is 9.99 Å². The molecule has 2 aromatic rings. The zero-order valence-corrected chi connectivity index (χ0v) is 9.67. The Morgan fingerprint density at radius 3 is 2.94 bits per heavy atom. The van der Waals surface area contributed by atoms with Gasteiger partial charge in [0.05, 0.1) is 23.8 Å². The van der Waals surface area contributed by atoms with Crippen molar-refractivity contribution in [2.45, 2.75) is 6.92 Å². The first-order chi connectivity index (χ1) is 8.60. The lowest BCUT2D eigenvalue weighted by molar-refractivity contribution is 0.0528. The second-order valence-electron chi connectivity index (χ2n) is 3.64. The zero-order chi connectivity index (χ0) is 13.3. The van der Waals surface area contributed by atoms with E-state index in [4.69, 9.17) is 15.7 Å². The van der Waals surface area contributed by atoms with Crippen molar-refractivity contribution in [2.75, 3.05) is 12.3 Å². The molecule has 0 bridgehead atoms. The normalized spacial score (nSPS) is 10.2. The van der Waals surface area contributed by atoms with Gasteiger partial charge in [-0.15, -0.1) is 0 Å². The van der Waals surface area contributed by atoms with Crippen LogP contribution >= 0.6 is 0 Å². The number of nitrogen functional groups attached to an aromatic ring is 1. The fraction of sp³-hybridized carbons (Fsp3) is 0.167. The van der Waals surface area contributed by atoms with Gasteiger partial charge in [0, 0.05) is 5.39 Å². The molecule has 0 amide bonds. The number of ether oxygens (including phenoxy) is 1. The van der Waals surface area contributed by atoms with Crippen LogP contribution in [-0.2, 0) is 4.74 Å². The molecule has 0 radical (unpaired) electrons. The van der Waals surface area contributed by atoms with Crippen molar-refractivity contribution < 1.29 is 14.7 Å². The summed E-state index contributed by atoms with van der Waals surface area (Å²) in [5.74, 6) is -0.698. The molecule has 0 fully saturated rings. The van der Waals surface area contributed by atoms with E-state index in [1.54, 1.807) is 19.1 Å². The molecule has 6 nitrogen and oxygen atoms in total. The average Bonchev–Trinajstić information content (AvgIpc) is 2.62. The van der Waals surface area contributed by atoms with Crippen molar-refractivity contribution in [1.82, 2.24) is 4.73 Å². The summed E-state index contributed by atoms with van der Waals surface area (Å²) in [6.07, 6.45) is 0. The summed E-state index contributed by atoms with van der Waals surface area (Å²) >= 11 is 0. The van der Waals surface area contributed by atoms with Crippen LogP contribution in [0.2, 0.25) is 0 Å². The van der Waals surface area contributed by atoms with Crippen LogP contribution in [0.15, 0.2) is 18.2 Å². The Hall–Kier alpha value is -2.68. The number of benzene rings is 1. The molecule has 1 heterocycles. The first-order valence-electron chi connectivity index (χ1n) is 5.30. The van der Waals surface area contributed by atoms with E-state index < -0.39 is 5.97 Å². The zero-order valence-electron chi connectivity index (χ0n) is 9.67. The first-order valence-corrected chi connectivity index (χ1v) is 5.30. The number of fused-ring (bicyclic) bond motifs is 1. The first kappa shape index (κ1) is 11.8. The fourth-order valence-electron chi connectivity index (χ4n) is 1.78. The van der Waals surface area contributed by atoms with Crippen molar-refractivity contribution in [3.05, 3.63) is 29.3 Å². The van der Waals surface area contributed by atoms with Gasteiger partial charge < -0.3 is 15.7 Å². The van der Waals surface area contributed by atoms with Gasteiger partial charge in [-0.3, -0.25) is 0 Å². The number of rotatable bonds is 2. The second-order valence-corrected chi connectivity index (χ2v) is 3.64. The van der Waals surface area contributed by atoms with Gasteiger partial charge in [0.15, 0.2) is 5.82 Å². The van der Waals surface area contributed by atoms with Crippen molar-refractivity contribution in [3.8, 4) is 6.07 Å². The van der Waals surface area contributed by atoms with E-state index in [9.17, 15) is 10.0 Å². The van der Waals surface area contributed by atoms with Crippen molar-refractivity contribution >= 4 is 22.7 Å². The highest BCUT2D eigenvalue weighted by atomic mass is 16.5. The Bertz CT molecular complexity index is 667. The second kappa shape index (κ2) is 4.30. The Labute approximate surface area is 103 Å². The number of nitriles is 1. The van der Waals surface area contributed by atoms with E-state index in [0.29, 0.717) is 21.2 Å². The largest absolute Gasteiger partial charge is 0.462 e. The summed E-state index contributed by atoms with van der Waals surface area (Å²) in [5.41, 5.74) is 6.44. The highest BCUT2D eigenvalue weighted by molar-refractivity contribution is 6.09. The monoisotopic (exact) mass is 245 g/mol. The minimum absolute atomic E-state index is 0.0986.